The number of phenolic OH excluding ortho intramolecular Hbond substituents is 1. The van der Waals surface area contributed by atoms with Crippen molar-refractivity contribution in [1.82, 2.24) is 0 Å². The third kappa shape index (κ3) is 2.16. The van der Waals surface area contributed by atoms with Gasteiger partial charge < -0.3 is 10.4 Å². The third-order valence-electron chi connectivity index (χ3n) is 2.62. The maximum Gasteiger partial charge on any atom is 0.115 e. The number of hydrogen-bond donors (Lipinski definition) is 2. The molecule has 0 saturated heterocycles. The van der Waals surface area contributed by atoms with Crippen molar-refractivity contribution in [1.29, 1.82) is 0 Å². The Morgan fingerprint density at radius 2 is 1.44 bits per heavy atom. The molecule has 0 saturated carbocycles. The lowest BCUT2D eigenvalue weighted by atomic mass is 10.1. The smallest absolute Gasteiger partial charge is 0.115 e. The van der Waals surface area contributed by atoms with Gasteiger partial charge in [-0.25, -0.2) is 0 Å². The van der Waals surface area contributed by atoms with Crippen molar-refractivity contribution < 1.29 is 5.11 Å². The van der Waals surface area contributed by atoms with Gasteiger partial charge in [-0.2, -0.15) is 0 Å². The number of anilines is 2. The molecule has 2 N–H and O–H groups in total. The maximum absolute atomic E-state index is 9.20. The molecule has 82 valence electrons. The Morgan fingerprint density at radius 3 is 2.00 bits per heavy atom. The fourth-order valence-electron chi connectivity index (χ4n) is 1.70. The molecule has 0 fully saturated rings. The third-order valence-corrected chi connectivity index (χ3v) is 2.62. The molecule has 0 aromatic heterocycles. The van der Waals surface area contributed by atoms with Crippen LogP contribution in [0.5, 0.6) is 5.75 Å². The van der Waals surface area contributed by atoms with Crippen LogP contribution in [0.15, 0.2) is 42.5 Å². The lowest BCUT2D eigenvalue weighted by Crippen LogP contribution is -1.95. The van der Waals surface area contributed by atoms with Crippen molar-refractivity contribution in [3.8, 4) is 5.75 Å². The second kappa shape index (κ2) is 4.27. The summed E-state index contributed by atoms with van der Waals surface area (Å²) in [5.74, 6) is 0.284. The number of rotatable bonds is 2. The molecule has 0 aliphatic heterocycles. The Kier molecular flexibility index (Phi) is 2.82. The fraction of sp³-hybridized carbons (Fsp3) is 0.143. The van der Waals surface area contributed by atoms with E-state index in [0.717, 1.165) is 11.4 Å². The van der Waals surface area contributed by atoms with Crippen LogP contribution in [0.2, 0.25) is 0 Å². The Labute approximate surface area is 95.6 Å². The Morgan fingerprint density at radius 1 is 0.875 bits per heavy atom. The number of para-hydroxylation sites is 1. The minimum atomic E-state index is 0.284. The maximum atomic E-state index is 9.20. The number of phenols is 1. The van der Waals surface area contributed by atoms with E-state index in [9.17, 15) is 5.11 Å². The Hall–Kier alpha value is -1.96. The molecular weight excluding hydrogens is 198 g/mol. The first-order valence-corrected chi connectivity index (χ1v) is 5.29. The first-order chi connectivity index (χ1) is 7.66. The zero-order chi connectivity index (χ0) is 11.5. The van der Waals surface area contributed by atoms with Crippen LogP contribution in [0, 0.1) is 13.8 Å². The SMILES string of the molecule is Cc1cccc(C)c1Nc1ccc(O)cc1. The van der Waals surface area contributed by atoms with E-state index in [4.69, 9.17) is 0 Å². The van der Waals surface area contributed by atoms with Gasteiger partial charge in [-0.05, 0) is 49.2 Å². The first kappa shape index (κ1) is 10.6. The standard InChI is InChI=1S/C14H15NO/c1-10-4-3-5-11(2)14(10)15-12-6-8-13(16)9-7-12/h3-9,15-16H,1-2H3. The summed E-state index contributed by atoms with van der Waals surface area (Å²) in [6, 6.07) is 13.3. The van der Waals surface area contributed by atoms with E-state index >= 15 is 0 Å². The summed E-state index contributed by atoms with van der Waals surface area (Å²) in [5.41, 5.74) is 4.55. The van der Waals surface area contributed by atoms with Gasteiger partial charge in [0, 0.05) is 11.4 Å². The van der Waals surface area contributed by atoms with Crippen molar-refractivity contribution in [2.45, 2.75) is 13.8 Å². The lowest BCUT2D eigenvalue weighted by Gasteiger charge is -2.12. The van der Waals surface area contributed by atoms with Crippen LogP contribution in [0.1, 0.15) is 11.1 Å². The van der Waals surface area contributed by atoms with Gasteiger partial charge in [-0.3, -0.25) is 0 Å². The van der Waals surface area contributed by atoms with Gasteiger partial charge in [0.1, 0.15) is 5.75 Å². The molecule has 0 heterocycles. The van der Waals surface area contributed by atoms with Crippen molar-refractivity contribution in [2.24, 2.45) is 0 Å². The monoisotopic (exact) mass is 213 g/mol. The number of nitrogens with one attached hydrogen (secondary N) is 1. The molecule has 0 bridgehead atoms. The highest BCUT2D eigenvalue weighted by Gasteiger charge is 2.01. The topological polar surface area (TPSA) is 32.3 Å². The van der Waals surface area contributed by atoms with E-state index in [2.05, 4.69) is 31.3 Å². The Bertz CT molecular complexity index is 468. The molecule has 0 amide bonds. The van der Waals surface area contributed by atoms with E-state index in [0.29, 0.717) is 0 Å². The van der Waals surface area contributed by atoms with Gasteiger partial charge in [0.25, 0.3) is 0 Å². The quantitative estimate of drug-likeness (QED) is 0.744. The van der Waals surface area contributed by atoms with Crippen molar-refractivity contribution >= 4 is 11.4 Å². The highest BCUT2D eigenvalue weighted by molar-refractivity contribution is 5.66. The van der Waals surface area contributed by atoms with Crippen LogP contribution in [-0.2, 0) is 0 Å². The van der Waals surface area contributed by atoms with Gasteiger partial charge in [-0.1, -0.05) is 18.2 Å². The summed E-state index contributed by atoms with van der Waals surface area (Å²) in [6.07, 6.45) is 0. The zero-order valence-corrected chi connectivity index (χ0v) is 9.49. The molecule has 0 aliphatic rings. The van der Waals surface area contributed by atoms with Gasteiger partial charge in [-0.15, -0.1) is 0 Å². The number of benzene rings is 2. The van der Waals surface area contributed by atoms with Crippen LogP contribution >= 0.6 is 0 Å². The second-order valence-corrected chi connectivity index (χ2v) is 3.94. The van der Waals surface area contributed by atoms with Crippen molar-refractivity contribution in [3.63, 3.8) is 0 Å². The van der Waals surface area contributed by atoms with Crippen LogP contribution in [0.4, 0.5) is 11.4 Å². The molecule has 0 unspecified atom stereocenters. The zero-order valence-electron chi connectivity index (χ0n) is 9.49. The average molecular weight is 213 g/mol. The van der Waals surface area contributed by atoms with Gasteiger partial charge in [0.2, 0.25) is 0 Å². The summed E-state index contributed by atoms with van der Waals surface area (Å²) >= 11 is 0. The summed E-state index contributed by atoms with van der Waals surface area (Å²) in [4.78, 5) is 0. The van der Waals surface area contributed by atoms with Crippen LogP contribution in [0.3, 0.4) is 0 Å². The van der Waals surface area contributed by atoms with E-state index in [1.807, 2.05) is 18.2 Å². The number of aromatic hydroxyl groups is 1. The van der Waals surface area contributed by atoms with Crippen LogP contribution < -0.4 is 5.32 Å². The van der Waals surface area contributed by atoms with E-state index < -0.39 is 0 Å². The summed E-state index contributed by atoms with van der Waals surface area (Å²) in [6.45, 7) is 4.16. The van der Waals surface area contributed by atoms with Crippen molar-refractivity contribution in [2.75, 3.05) is 5.32 Å². The van der Waals surface area contributed by atoms with E-state index in [-0.39, 0.29) is 5.75 Å². The largest absolute Gasteiger partial charge is 0.508 e. The summed E-state index contributed by atoms with van der Waals surface area (Å²) in [5, 5.41) is 12.6. The normalized spacial score (nSPS) is 10.1. The molecular formula is C14H15NO. The molecule has 0 atom stereocenters. The van der Waals surface area contributed by atoms with E-state index in [1.54, 1.807) is 12.1 Å². The molecule has 2 heteroatoms. The lowest BCUT2D eigenvalue weighted by molar-refractivity contribution is 0.475. The second-order valence-electron chi connectivity index (χ2n) is 3.94. The minimum absolute atomic E-state index is 0.284. The fourth-order valence-corrected chi connectivity index (χ4v) is 1.70. The highest BCUT2D eigenvalue weighted by atomic mass is 16.3. The van der Waals surface area contributed by atoms with E-state index in [1.165, 1.54) is 11.1 Å². The molecule has 2 aromatic carbocycles. The average Bonchev–Trinajstić information content (AvgIpc) is 2.26. The molecule has 2 aromatic rings. The Balaban J connectivity index is 2.30. The molecule has 2 rings (SSSR count). The van der Waals surface area contributed by atoms with Gasteiger partial charge >= 0.3 is 0 Å². The number of aryl methyl sites for hydroxylation is 2. The molecule has 0 aliphatic carbocycles. The van der Waals surface area contributed by atoms with Crippen molar-refractivity contribution in [3.05, 3.63) is 53.6 Å². The molecule has 2 nitrogen and oxygen atoms in total. The van der Waals surface area contributed by atoms with Gasteiger partial charge in [0.15, 0.2) is 0 Å². The number of hydrogen-bond acceptors (Lipinski definition) is 2. The van der Waals surface area contributed by atoms with Crippen LogP contribution in [-0.4, -0.2) is 5.11 Å². The molecule has 16 heavy (non-hydrogen) atoms. The van der Waals surface area contributed by atoms with Gasteiger partial charge in [0.05, 0.1) is 0 Å². The summed E-state index contributed by atoms with van der Waals surface area (Å²) in [7, 11) is 0. The summed E-state index contributed by atoms with van der Waals surface area (Å²) < 4.78 is 0. The van der Waals surface area contributed by atoms with Crippen LogP contribution in [0.25, 0.3) is 0 Å². The predicted molar refractivity (Wildman–Crippen MR) is 67.3 cm³/mol. The first-order valence-electron chi connectivity index (χ1n) is 5.29. The minimum Gasteiger partial charge on any atom is -0.508 e. The predicted octanol–water partition coefficient (Wildman–Crippen LogP) is 3.75. The molecule has 0 spiro atoms. The highest BCUT2D eigenvalue weighted by Crippen LogP contribution is 2.25. The molecule has 0 radical (unpaired) electrons.